The Kier molecular flexibility index (Phi) is 6.43. The lowest BCUT2D eigenvalue weighted by atomic mass is 9.94. The molecule has 1 heterocycles. The van der Waals surface area contributed by atoms with Crippen LogP contribution in [-0.2, 0) is 6.18 Å². The predicted octanol–water partition coefficient (Wildman–Crippen LogP) is 5.86. The summed E-state index contributed by atoms with van der Waals surface area (Å²) in [7, 11) is 0. The zero-order chi connectivity index (χ0) is 19.1. The first-order chi connectivity index (χ1) is 13.0. The SMILES string of the molecule is FC(F)(F)c1ccccc1C=CN1CCC(CCOc2ccccc2)CC1. The van der Waals surface area contributed by atoms with Crippen LogP contribution in [0.25, 0.3) is 6.08 Å². The third-order valence-electron chi connectivity index (χ3n) is 4.92. The van der Waals surface area contributed by atoms with Crippen LogP contribution in [0.5, 0.6) is 5.75 Å². The molecule has 27 heavy (non-hydrogen) atoms. The van der Waals surface area contributed by atoms with E-state index in [0.29, 0.717) is 12.5 Å². The molecule has 0 bridgehead atoms. The number of benzene rings is 2. The standard InChI is InChI=1S/C22H24F3NO/c23-22(24,25)21-9-5-4-6-19(21)12-16-26-14-10-18(11-15-26)13-17-27-20-7-2-1-3-8-20/h1-9,12,16,18H,10-11,13-15,17H2. The molecule has 1 aliphatic rings. The summed E-state index contributed by atoms with van der Waals surface area (Å²) in [5.41, 5.74) is -0.377. The number of para-hydroxylation sites is 1. The maximum absolute atomic E-state index is 13.0. The third-order valence-corrected chi connectivity index (χ3v) is 4.92. The molecule has 0 N–H and O–H groups in total. The minimum Gasteiger partial charge on any atom is -0.494 e. The summed E-state index contributed by atoms with van der Waals surface area (Å²) in [5, 5.41) is 0. The van der Waals surface area contributed by atoms with Gasteiger partial charge in [-0.15, -0.1) is 0 Å². The average molecular weight is 375 g/mol. The Balaban J connectivity index is 1.45. The molecular weight excluding hydrogens is 351 g/mol. The minimum absolute atomic E-state index is 0.211. The highest BCUT2D eigenvalue weighted by atomic mass is 19.4. The van der Waals surface area contributed by atoms with Crippen LogP contribution < -0.4 is 4.74 Å². The van der Waals surface area contributed by atoms with Gasteiger partial charge in [0.15, 0.2) is 0 Å². The van der Waals surface area contributed by atoms with Gasteiger partial charge in [-0.05, 0) is 61.2 Å². The minimum atomic E-state index is -4.33. The van der Waals surface area contributed by atoms with Crippen molar-refractivity contribution in [3.05, 3.63) is 71.9 Å². The second kappa shape index (κ2) is 8.98. The summed E-state index contributed by atoms with van der Waals surface area (Å²) >= 11 is 0. The Morgan fingerprint density at radius 1 is 0.963 bits per heavy atom. The van der Waals surface area contributed by atoms with Gasteiger partial charge in [0.05, 0.1) is 12.2 Å². The highest BCUT2D eigenvalue weighted by Gasteiger charge is 2.32. The quantitative estimate of drug-likeness (QED) is 0.627. The molecule has 3 rings (SSSR count). The number of alkyl halides is 3. The molecule has 0 amide bonds. The molecule has 144 valence electrons. The molecule has 0 radical (unpaired) electrons. The smallest absolute Gasteiger partial charge is 0.416 e. The van der Waals surface area contributed by atoms with E-state index in [1.807, 2.05) is 30.3 Å². The molecule has 1 fully saturated rings. The van der Waals surface area contributed by atoms with Gasteiger partial charge in [-0.3, -0.25) is 0 Å². The fourth-order valence-electron chi connectivity index (χ4n) is 3.34. The van der Waals surface area contributed by atoms with Crippen molar-refractivity contribution in [2.24, 2.45) is 5.92 Å². The van der Waals surface area contributed by atoms with E-state index >= 15 is 0 Å². The van der Waals surface area contributed by atoms with Crippen LogP contribution in [0.3, 0.4) is 0 Å². The third kappa shape index (κ3) is 5.78. The summed E-state index contributed by atoms with van der Waals surface area (Å²) in [6.07, 6.45) is 2.10. The van der Waals surface area contributed by atoms with Crippen LogP contribution in [0.2, 0.25) is 0 Å². The van der Waals surface area contributed by atoms with E-state index in [2.05, 4.69) is 4.90 Å². The second-order valence-electron chi connectivity index (χ2n) is 6.83. The molecule has 0 spiro atoms. The summed E-state index contributed by atoms with van der Waals surface area (Å²) in [6, 6.07) is 15.5. The number of likely N-dealkylation sites (tertiary alicyclic amines) is 1. The zero-order valence-electron chi connectivity index (χ0n) is 15.2. The van der Waals surface area contributed by atoms with Gasteiger partial charge >= 0.3 is 6.18 Å². The zero-order valence-corrected chi connectivity index (χ0v) is 15.2. The lowest BCUT2D eigenvalue weighted by Gasteiger charge is -2.31. The van der Waals surface area contributed by atoms with Gasteiger partial charge in [-0.1, -0.05) is 36.4 Å². The lowest BCUT2D eigenvalue weighted by molar-refractivity contribution is -0.137. The van der Waals surface area contributed by atoms with Crippen molar-refractivity contribution in [2.45, 2.75) is 25.4 Å². The van der Waals surface area contributed by atoms with Crippen molar-refractivity contribution in [2.75, 3.05) is 19.7 Å². The van der Waals surface area contributed by atoms with Gasteiger partial charge in [0, 0.05) is 13.1 Å². The van der Waals surface area contributed by atoms with Gasteiger partial charge in [-0.2, -0.15) is 13.2 Å². The van der Waals surface area contributed by atoms with Crippen LogP contribution in [0.1, 0.15) is 30.4 Å². The number of rotatable bonds is 6. The molecule has 0 saturated carbocycles. The Labute approximate surface area is 158 Å². The number of nitrogens with zero attached hydrogens (tertiary/aromatic N) is 1. The summed E-state index contributed by atoms with van der Waals surface area (Å²) in [4.78, 5) is 2.10. The molecule has 0 aromatic heterocycles. The number of ether oxygens (including phenoxy) is 1. The van der Waals surface area contributed by atoms with Crippen molar-refractivity contribution < 1.29 is 17.9 Å². The van der Waals surface area contributed by atoms with Crippen molar-refractivity contribution >= 4 is 6.08 Å². The van der Waals surface area contributed by atoms with Crippen molar-refractivity contribution in [3.63, 3.8) is 0 Å². The molecule has 5 heteroatoms. The highest BCUT2D eigenvalue weighted by molar-refractivity contribution is 5.54. The molecule has 1 saturated heterocycles. The van der Waals surface area contributed by atoms with E-state index in [1.165, 1.54) is 12.1 Å². The van der Waals surface area contributed by atoms with E-state index in [9.17, 15) is 13.2 Å². The van der Waals surface area contributed by atoms with Crippen LogP contribution in [0.4, 0.5) is 13.2 Å². The van der Waals surface area contributed by atoms with E-state index < -0.39 is 11.7 Å². The Morgan fingerprint density at radius 3 is 2.33 bits per heavy atom. The number of hydrogen-bond acceptors (Lipinski definition) is 2. The Bertz CT molecular complexity index is 735. The monoisotopic (exact) mass is 375 g/mol. The molecule has 2 nitrogen and oxygen atoms in total. The van der Waals surface area contributed by atoms with Crippen LogP contribution in [-0.4, -0.2) is 24.6 Å². The van der Waals surface area contributed by atoms with Crippen LogP contribution >= 0.6 is 0 Å². The van der Waals surface area contributed by atoms with Gasteiger partial charge in [0.1, 0.15) is 5.75 Å². The average Bonchev–Trinajstić information content (AvgIpc) is 2.68. The van der Waals surface area contributed by atoms with Gasteiger partial charge in [-0.25, -0.2) is 0 Å². The highest BCUT2D eigenvalue weighted by Crippen LogP contribution is 2.32. The Hall–Kier alpha value is -2.43. The fraction of sp³-hybridized carbons (Fsp3) is 0.364. The van der Waals surface area contributed by atoms with Gasteiger partial charge in [0.2, 0.25) is 0 Å². The molecule has 1 aliphatic heterocycles. The summed E-state index contributed by atoms with van der Waals surface area (Å²) < 4.78 is 44.9. The molecular formula is C22H24F3NO. The molecule has 2 aromatic carbocycles. The van der Waals surface area contributed by atoms with Gasteiger partial charge in [0.25, 0.3) is 0 Å². The normalized spacial score (nSPS) is 16.0. The maximum atomic E-state index is 13.0. The molecule has 0 aliphatic carbocycles. The van der Waals surface area contributed by atoms with E-state index in [4.69, 9.17) is 4.74 Å². The predicted molar refractivity (Wildman–Crippen MR) is 101 cm³/mol. The number of halogens is 3. The van der Waals surface area contributed by atoms with Crippen LogP contribution in [0, 0.1) is 5.92 Å². The maximum Gasteiger partial charge on any atom is 0.416 e. The van der Waals surface area contributed by atoms with Crippen LogP contribution in [0.15, 0.2) is 60.8 Å². The summed E-state index contributed by atoms with van der Waals surface area (Å²) in [6.45, 7) is 2.42. The second-order valence-corrected chi connectivity index (χ2v) is 6.83. The largest absolute Gasteiger partial charge is 0.494 e. The first kappa shape index (κ1) is 19.3. The number of piperidine rings is 1. The topological polar surface area (TPSA) is 12.5 Å². The first-order valence-corrected chi connectivity index (χ1v) is 9.29. The Morgan fingerprint density at radius 2 is 1.63 bits per heavy atom. The van der Waals surface area contributed by atoms with E-state index in [1.54, 1.807) is 18.3 Å². The van der Waals surface area contributed by atoms with E-state index in [-0.39, 0.29) is 5.56 Å². The van der Waals surface area contributed by atoms with Crippen molar-refractivity contribution in [1.82, 2.24) is 4.90 Å². The molecule has 2 aromatic rings. The molecule has 0 atom stereocenters. The lowest BCUT2D eigenvalue weighted by Crippen LogP contribution is -2.30. The first-order valence-electron chi connectivity index (χ1n) is 9.29. The molecule has 0 unspecified atom stereocenters. The number of hydrogen-bond donors (Lipinski definition) is 0. The summed E-state index contributed by atoms with van der Waals surface area (Å²) in [5.74, 6) is 1.49. The van der Waals surface area contributed by atoms with Crippen molar-refractivity contribution in [1.29, 1.82) is 0 Å². The van der Waals surface area contributed by atoms with Crippen molar-refractivity contribution in [3.8, 4) is 5.75 Å². The fourth-order valence-corrected chi connectivity index (χ4v) is 3.34. The van der Waals surface area contributed by atoms with E-state index in [0.717, 1.165) is 44.2 Å². The van der Waals surface area contributed by atoms with Gasteiger partial charge < -0.3 is 9.64 Å².